The fraction of sp³-hybridized carbons (Fsp3) is 0. The van der Waals surface area contributed by atoms with E-state index >= 15 is 0 Å². The molecular weight excluding hydrogens is 346 g/mol. The van der Waals surface area contributed by atoms with Gasteiger partial charge in [-0.15, -0.1) is 0 Å². The molecule has 0 N–H and O–H groups in total. The highest BCUT2D eigenvalue weighted by atomic mass is 79.9. The van der Waals surface area contributed by atoms with Crippen LogP contribution in [-0.4, -0.2) is 4.57 Å². The Morgan fingerprint density at radius 2 is 1.48 bits per heavy atom. The summed E-state index contributed by atoms with van der Waals surface area (Å²) in [6.07, 6.45) is 0. The van der Waals surface area contributed by atoms with Gasteiger partial charge in [0.25, 0.3) is 0 Å². The maximum atomic E-state index is 6.42. The first-order valence-electron chi connectivity index (χ1n) is 6.69. The fourth-order valence-corrected chi connectivity index (χ4v) is 3.42. The van der Waals surface area contributed by atoms with Crippen LogP contribution < -0.4 is 0 Å². The predicted octanol–water partition coefficient (Wildman–Crippen LogP) is 6.20. The summed E-state index contributed by atoms with van der Waals surface area (Å²) in [5, 5.41) is 3.21. The maximum Gasteiger partial charge on any atom is 0.0648 e. The van der Waals surface area contributed by atoms with Crippen LogP contribution in [0.2, 0.25) is 5.02 Å². The lowest BCUT2D eigenvalue weighted by Gasteiger charge is -2.09. The first-order chi connectivity index (χ1) is 10.3. The summed E-state index contributed by atoms with van der Waals surface area (Å²) in [6, 6.07) is 22.7. The molecule has 0 aliphatic heterocycles. The molecule has 0 unspecified atom stereocenters. The highest BCUT2D eigenvalue weighted by molar-refractivity contribution is 9.10. The average Bonchev–Trinajstić information content (AvgIpc) is 2.82. The van der Waals surface area contributed by atoms with Gasteiger partial charge in [-0.25, -0.2) is 0 Å². The molecule has 4 rings (SSSR count). The molecule has 0 amide bonds. The number of para-hydroxylation sites is 2. The van der Waals surface area contributed by atoms with Crippen molar-refractivity contribution >= 4 is 49.3 Å². The third-order valence-corrected chi connectivity index (χ3v) is 4.54. The van der Waals surface area contributed by atoms with Gasteiger partial charge in [0, 0.05) is 15.2 Å². The molecular formula is C18H11BrClN. The van der Waals surface area contributed by atoms with Gasteiger partial charge in [0.1, 0.15) is 0 Å². The maximum absolute atomic E-state index is 6.42. The van der Waals surface area contributed by atoms with E-state index < -0.39 is 0 Å². The Morgan fingerprint density at radius 1 is 0.762 bits per heavy atom. The second kappa shape index (κ2) is 4.90. The van der Waals surface area contributed by atoms with E-state index in [9.17, 15) is 0 Å². The molecule has 3 heteroatoms. The van der Waals surface area contributed by atoms with Crippen molar-refractivity contribution < 1.29 is 0 Å². The van der Waals surface area contributed by atoms with Crippen LogP contribution in [0.25, 0.3) is 27.5 Å². The molecule has 0 aliphatic carbocycles. The van der Waals surface area contributed by atoms with Crippen LogP contribution >= 0.6 is 27.5 Å². The lowest BCUT2D eigenvalue weighted by Crippen LogP contribution is -1.94. The minimum Gasteiger partial charge on any atom is -0.308 e. The third kappa shape index (κ3) is 1.98. The van der Waals surface area contributed by atoms with Crippen molar-refractivity contribution in [3.05, 3.63) is 76.2 Å². The van der Waals surface area contributed by atoms with Crippen LogP contribution in [-0.2, 0) is 0 Å². The second-order valence-corrected chi connectivity index (χ2v) is 6.29. The van der Waals surface area contributed by atoms with Crippen molar-refractivity contribution in [3.8, 4) is 5.69 Å². The first kappa shape index (κ1) is 12.9. The Kier molecular flexibility index (Phi) is 3.02. The lowest BCUT2D eigenvalue weighted by atomic mass is 10.2. The van der Waals surface area contributed by atoms with E-state index in [-0.39, 0.29) is 0 Å². The minimum absolute atomic E-state index is 0.753. The number of halogens is 2. The molecule has 21 heavy (non-hydrogen) atoms. The third-order valence-electron chi connectivity index (χ3n) is 3.73. The van der Waals surface area contributed by atoms with Crippen molar-refractivity contribution in [1.29, 1.82) is 0 Å². The van der Waals surface area contributed by atoms with E-state index in [1.165, 1.54) is 16.3 Å². The summed E-state index contributed by atoms with van der Waals surface area (Å²) in [5.41, 5.74) is 3.33. The van der Waals surface area contributed by atoms with E-state index in [0.29, 0.717) is 0 Å². The number of aromatic nitrogens is 1. The summed E-state index contributed by atoms with van der Waals surface area (Å²) < 4.78 is 3.30. The second-order valence-electron chi connectivity index (χ2n) is 4.97. The van der Waals surface area contributed by atoms with Gasteiger partial charge in [-0.05, 0) is 36.4 Å². The van der Waals surface area contributed by atoms with E-state index in [1.807, 2.05) is 18.2 Å². The van der Waals surface area contributed by atoms with Crippen molar-refractivity contribution in [1.82, 2.24) is 4.57 Å². The van der Waals surface area contributed by atoms with Crippen LogP contribution in [0.4, 0.5) is 0 Å². The molecule has 0 saturated heterocycles. The molecule has 0 spiro atoms. The number of hydrogen-bond donors (Lipinski definition) is 0. The van der Waals surface area contributed by atoms with Gasteiger partial charge >= 0.3 is 0 Å². The Labute approximate surface area is 135 Å². The molecule has 0 radical (unpaired) electrons. The Balaban J connectivity index is 2.23. The SMILES string of the molecule is Clc1ccccc1-n1c2ccccc2c2cc(Br)ccc21. The van der Waals surface area contributed by atoms with Crippen molar-refractivity contribution in [3.63, 3.8) is 0 Å². The van der Waals surface area contributed by atoms with Gasteiger partial charge in [0.2, 0.25) is 0 Å². The fourth-order valence-electron chi connectivity index (χ4n) is 2.84. The minimum atomic E-state index is 0.753. The van der Waals surface area contributed by atoms with Gasteiger partial charge < -0.3 is 4.57 Å². The molecule has 1 nitrogen and oxygen atoms in total. The summed E-state index contributed by atoms with van der Waals surface area (Å²) in [4.78, 5) is 0. The number of rotatable bonds is 1. The standard InChI is InChI=1S/C18H11BrClN/c19-12-9-10-17-14(11-12)13-5-1-3-7-16(13)21(17)18-8-4-2-6-15(18)20/h1-11H. The number of hydrogen-bond acceptors (Lipinski definition) is 0. The van der Waals surface area contributed by atoms with Crippen molar-refractivity contribution in [2.75, 3.05) is 0 Å². The normalized spacial score (nSPS) is 11.3. The molecule has 102 valence electrons. The Bertz CT molecular complexity index is 971. The molecule has 1 heterocycles. The van der Waals surface area contributed by atoms with E-state index in [0.717, 1.165) is 20.7 Å². The highest BCUT2D eigenvalue weighted by Crippen LogP contribution is 2.35. The average molecular weight is 357 g/mol. The molecule has 0 atom stereocenters. The molecule has 4 aromatic rings. The molecule has 1 aromatic heterocycles. The molecule has 0 saturated carbocycles. The Hall–Kier alpha value is -1.77. The monoisotopic (exact) mass is 355 g/mol. The smallest absolute Gasteiger partial charge is 0.0648 e. The van der Waals surface area contributed by atoms with Crippen LogP contribution in [0, 0.1) is 0 Å². The van der Waals surface area contributed by atoms with Gasteiger partial charge in [0.15, 0.2) is 0 Å². The largest absolute Gasteiger partial charge is 0.308 e. The van der Waals surface area contributed by atoms with Crippen molar-refractivity contribution in [2.45, 2.75) is 0 Å². The summed E-state index contributed by atoms with van der Waals surface area (Å²) in [5.74, 6) is 0. The highest BCUT2D eigenvalue weighted by Gasteiger charge is 2.13. The topological polar surface area (TPSA) is 4.93 Å². The summed E-state index contributed by atoms with van der Waals surface area (Å²) in [6.45, 7) is 0. The summed E-state index contributed by atoms with van der Waals surface area (Å²) >= 11 is 9.98. The zero-order valence-corrected chi connectivity index (χ0v) is 13.4. The van der Waals surface area contributed by atoms with E-state index in [2.05, 4.69) is 69.0 Å². The van der Waals surface area contributed by atoms with Crippen LogP contribution in [0.5, 0.6) is 0 Å². The van der Waals surface area contributed by atoms with Crippen LogP contribution in [0.3, 0.4) is 0 Å². The van der Waals surface area contributed by atoms with E-state index in [4.69, 9.17) is 11.6 Å². The molecule has 0 aliphatic rings. The molecule has 0 fully saturated rings. The number of benzene rings is 3. The van der Waals surface area contributed by atoms with Crippen LogP contribution in [0.15, 0.2) is 71.2 Å². The van der Waals surface area contributed by atoms with Crippen molar-refractivity contribution in [2.24, 2.45) is 0 Å². The molecule has 0 bridgehead atoms. The zero-order chi connectivity index (χ0) is 14.4. The molecule has 3 aromatic carbocycles. The Morgan fingerprint density at radius 3 is 2.33 bits per heavy atom. The first-order valence-corrected chi connectivity index (χ1v) is 7.86. The number of fused-ring (bicyclic) bond motifs is 3. The van der Waals surface area contributed by atoms with Gasteiger partial charge in [0.05, 0.1) is 21.7 Å². The zero-order valence-electron chi connectivity index (χ0n) is 11.1. The van der Waals surface area contributed by atoms with Crippen LogP contribution in [0.1, 0.15) is 0 Å². The lowest BCUT2D eigenvalue weighted by molar-refractivity contribution is 1.18. The van der Waals surface area contributed by atoms with Gasteiger partial charge in [-0.3, -0.25) is 0 Å². The van der Waals surface area contributed by atoms with E-state index in [1.54, 1.807) is 0 Å². The predicted molar refractivity (Wildman–Crippen MR) is 93.5 cm³/mol. The van der Waals surface area contributed by atoms with Gasteiger partial charge in [-0.2, -0.15) is 0 Å². The van der Waals surface area contributed by atoms with Gasteiger partial charge in [-0.1, -0.05) is 57.9 Å². The quantitative estimate of drug-likeness (QED) is 0.382. The summed E-state index contributed by atoms with van der Waals surface area (Å²) in [7, 11) is 0. The number of nitrogens with zero attached hydrogens (tertiary/aromatic N) is 1.